The minimum absolute atomic E-state index is 0.0589. The Morgan fingerprint density at radius 1 is 0.935 bits per heavy atom. The molecule has 3 aromatic rings. The van der Waals surface area contributed by atoms with Gasteiger partial charge in [-0.1, -0.05) is 24.3 Å². The lowest BCUT2D eigenvalue weighted by Crippen LogP contribution is -2.48. The molecule has 0 radical (unpaired) electrons. The third-order valence-electron chi connectivity index (χ3n) is 5.85. The third-order valence-corrected chi connectivity index (χ3v) is 5.85. The van der Waals surface area contributed by atoms with E-state index in [0.717, 1.165) is 43.3 Å². The number of nitrogens with zero attached hydrogens (tertiary/aromatic N) is 7. The number of tetrazole rings is 1. The summed E-state index contributed by atoms with van der Waals surface area (Å²) in [4.78, 5) is 6.60. The lowest BCUT2D eigenvalue weighted by Gasteiger charge is -2.40. The van der Waals surface area contributed by atoms with Crippen LogP contribution in [0.25, 0.3) is 0 Å². The smallest absolute Gasteiger partial charge is 0.173 e. The molecule has 1 saturated heterocycles. The summed E-state index contributed by atoms with van der Waals surface area (Å²) in [7, 11) is 4.07. The molecule has 0 unspecified atom stereocenters. The summed E-state index contributed by atoms with van der Waals surface area (Å²) in [5.74, 6) is 0.669. The molecule has 2 heterocycles. The molecule has 0 aliphatic carbocycles. The Morgan fingerprint density at radius 2 is 1.61 bits per heavy atom. The first-order chi connectivity index (χ1) is 15.0. The molecule has 0 bridgehead atoms. The molecule has 0 N–H and O–H groups in total. The summed E-state index contributed by atoms with van der Waals surface area (Å²) < 4.78 is 16.2. The predicted molar refractivity (Wildman–Crippen MR) is 121 cm³/mol. The first-order valence-electron chi connectivity index (χ1n) is 10.7. The van der Waals surface area contributed by atoms with Crippen molar-refractivity contribution in [3.63, 3.8) is 0 Å². The Labute approximate surface area is 183 Å². The maximum atomic E-state index is 14.3. The number of hydrogen-bond acceptors (Lipinski definition) is 6. The van der Waals surface area contributed by atoms with Crippen molar-refractivity contribution in [2.24, 2.45) is 0 Å². The minimum Gasteiger partial charge on any atom is -0.378 e. The monoisotopic (exact) mass is 423 g/mol. The van der Waals surface area contributed by atoms with Gasteiger partial charge in [-0.25, -0.2) is 9.07 Å². The van der Waals surface area contributed by atoms with E-state index in [-0.39, 0.29) is 17.9 Å². The van der Waals surface area contributed by atoms with Gasteiger partial charge in [0.15, 0.2) is 5.82 Å². The summed E-state index contributed by atoms with van der Waals surface area (Å²) in [6.45, 7) is 7.25. The van der Waals surface area contributed by atoms with Crippen molar-refractivity contribution in [3.05, 3.63) is 65.7 Å². The van der Waals surface area contributed by atoms with Crippen molar-refractivity contribution in [3.8, 4) is 0 Å². The molecule has 0 amide bonds. The van der Waals surface area contributed by atoms with E-state index in [4.69, 9.17) is 0 Å². The van der Waals surface area contributed by atoms with Crippen LogP contribution in [0.2, 0.25) is 0 Å². The van der Waals surface area contributed by atoms with Crippen LogP contribution in [0.5, 0.6) is 0 Å². The van der Waals surface area contributed by atoms with Gasteiger partial charge in [-0.2, -0.15) is 0 Å². The minimum atomic E-state index is -0.171. The molecular formula is C23H30FN7. The van der Waals surface area contributed by atoms with Gasteiger partial charge in [0, 0.05) is 46.0 Å². The lowest BCUT2D eigenvalue weighted by atomic mass is 10.0. The molecule has 0 saturated carbocycles. The van der Waals surface area contributed by atoms with Crippen molar-refractivity contribution >= 4 is 11.4 Å². The van der Waals surface area contributed by atoms with Gasteiger partial charge in [0.05, 0.1) is 17.8 Å². The van der Waals surface area contributed by atoms with Crippen molar-refractivity contribution in [1.29, 1.82) is 0 Å². The van der Waals surface area contributed by atoms with Crippen LogP contribution in [-0.2, 0) is 0 Å². The fraction of sp³-hybridized carbons (Fsp3) is 0.435. The van der Waals surface area contributed by atoms with Gasteiger partial charge in [-0.15, -0.1) is 5.10 Å². The number of hydrogen-bond donors (Lipinski definition) is 0. The predicted octanol–water partition coefficient (Wildman–Crippen LogP) is 3.37. The molecular weight excluding hydrogens is 393 g/mol. The highest BCUT2D eigenvalue weighted by Gasteiger charge is 2.31. The fourth-order valence-electron chi connectivity index (χ4n) is 4.16. The summed E-state index contributed by atoms with van der Waals surface area (Å²) in [6.07, 6.45) is 0. The molecule has 1 atom stereocenters. The van der Waals surface area contributed by atoms with Crippen molar-refractivity contribution < 1.29 is 4.39 Å². The summed E-state index contributed by atoms with van der Waals surface area (Å²) in [5, 5.41) is 12.6. The zero-order valence-corrected chi connectivity index (χ0v) is 18.6. The molecule has 4 rings (SSSR count). The van der Waals surface area contributed by atoms with Crippen molar-refractivity contribution in [2.75, 3.05) is 50.1 Å². The highest BCUT2D eigenvalue weighted by molar-refractivity contribution is 5.49. The Balaban J connectivity index is 1.62. The summed E-state index contributed by atoms with van der Waals surface area (Å²) >= 11 is 0. The molecule has 8 heteroatoms. The summed E-state index contributed by atoms with van der Waals surface area (Å²) in [5.41, 5.74) is 2.97. The molecule has 2 aromatic carbocycles. The van der Waals surface area contributed by atoms with Gasteiger partial charge in [0.1, 0.15) is 5.82 Å². The standard InChI is InChI=1S/C23H30FN7/c1-17(2)31-23(25-26-27-31)22(18-9-11-19(12-10-18)28(3)4)30-15-13-29(14-16-30)21-8-6-5-7-20(21)24/h5-12,17,22H,13-16H2,1-4H3/t22-/m0/s1. The highest BCUT2D eigenvalue weighted by atomic mass is 19.1. The van der Waals surface area contributed by atoms with Crippen LogP contribution in [0.3, 0.4) is 0 Å². The average molecular weight is 424 g/mol. The van der Waals surface area contributed by atoms with Gasteiger partial charge >= 0.3 is 0 Å². The van der Waals surface area contributed by atoms with E-state index >= 15 is 0 Å². The lowest BCUT2D eigenvalue weighted by molar-refractivity contribution is 0.198. The van der Waals surface area contributed by atoms with Crippen LogP contribution >= 0.6 is 0 Å². The van der Waals surface area contributed by atoms with E-state index in [2.05, 4.69) is 68.3 Å². The van der Waals surface area contributed by atoms with E-state index in [1.54, 1.807) is 6.07 Å². The number of piperazine rings is 1. The number of aromatic nitrogens is 4. The quantitative estimate of drug-likeness (QED) is 0.606. The van der Waals surface area contributed by atoms with Gasteiger partial charge in [-0.3, -0.25) is 4.90 Å². The molecule has 31 heavy (non-hydrogen) atoms. The first kappa shape index (κ1) is 21.2. The van der Waals surface area contributed by atoms with E-state index in [9.17, 15) is 4.39 Å². The Morgan fingerprint density at radius 3 is 2.23 bits per heavy atom. The second-order valence-corrected chi connectivity index (χ2v) is 8.44. The van der Waals surface area contributed by atoms with E-state index in [1.165, 1.54) is 6.07 Å². The van der Waals surface area contributed by atoms with Gasteiger partial charge in [-0.05, 0) is 54.1 Å². The molecule has 164 valence electrons. The zero-order valence-electron chi connectivity index (χ0n) is 18.6. The SMILES string of the molecule is CC(C)n1nnnc1[C@H](c1ccc(N(C)C)cc1)N1CCN(c2ccccc2F)CC1. The number of rotatable bonds is 6. The number of para-hydroxylation sites is 1. The highest BCUT2D eigenvalue weighted by Crippen LogP contribution is 2.31. The Bertz CT molecular complexity index is 991. The molecule has 7 nitrogen and oxygen atoms in total. The Kier molecular flexibility index (Phi) is 6.18. The number of anilines is 2. The van der Waals surface area contributed by atoms with Gasteiger partial charge < -0.3 is 9.80 Å². The fourth-order valence-corrected chi connectivity index (χ4v) is 4.16. The molecule has 1 fully saturated rings. The number of benzene rings is 2. The van der Waals surface area contributed by atoms with Crippen molar-refractivity contribution in [2.45, 2.75) is 25.9 Å². The second kappa shape index (κ2) is 9.01. The normalized spacial score (nSPS) is 16.0. The van der Waals surface area contributed by atoms with Crippen LogP contribution in [0.15, 0.2) is 48.5 Å². The topological polar surface area (TPSA) is 53.3 Å². The molecule has 1 aliphatic rings. The van der Waals surface area contributed by atoms with Gasteiger partial charge in [0.2, 0.25) is 0 Å². The largest absolute Gasteiger partial charge is 0.378 e. The van der Waals surface area contributed by atoms with Crippen molar-refractivity contribution in [1.82, 2.24) is 25.1 Å². The molecule has 0 spiro atoms. The Hall–Kier alpha value is -3.00. The maximum Gasteiger partial charge on any atom is 0.173 e. The second-order valence-electron chi connectivity index (χ2n) is 8.44. The molecule has 1 aromatic heterocycles. The maximum absolute atomic E-state index is 14.3. The third kappa shape index (κ3) is 4.39. The average Bonchev–Trinajstić information content (AvgIpc) is 3.25. The van der Waals surface area contributed by atoms with E-state index in [0.29, 0.717) is 5.69 Å². The van der Waals surface area contributed by atoms with E-state index in [1.807, 2.05) is 30.9 Å². The van der Waals surface area contributed by atoms with Crippen LogP contribution in [-0.4, -0.2) is 65.4 Å². The number of halogens is 1. The van der Waals surface area contributed by atoms with Gasteiger partial charge in [0.25, 0.3) is 0 Å². The van der Waals surface area contributed by atoms with Crippen LogP contribution in [0.4, 0.5) is 15.8 Å². The van der Waals surface area contributed by atoms with Crippen LogP contribution in [0, 0.1) is 5.82 Å². The molecule has 1 aliphatic heterocycles. The zero-order chi connectivity index (χ0) is 22.0. The van der Waals surface area contributed by atoms with Crippen LogP contribution < -0.4 is 9.80 Å². The summed E-state index contributed by atoms with van der Waals surface area (Å²) in [6, 6.07) is 15.7. The first-order valence-corrected chi connectivity index (χ1v) is 10.7. The van der Waals surface area contributed by atoms with Crippen LogP contribution in [0.1, 0.15) is 37.3 Å². The van der Waals surface area contributed by atoms with E-state index < -0.39 is 0 Å².